The van der Waals surface area contributed by atoms with Crippen molar-refractivity contribution in [3.05, 3.63) is 75.9 Å². The molecule has 1 aliphatic heterocycles. The van der Waals surface area contributed by atoms with Crippen LogP contribution in [-0.4, -0.2) is 24.1 Å². The number of aromatic nitrogens is 2. The molecule has 0 fully saturated rings. The smallest absolute Gasteiger partial charge is 0.256 e. The monoisotopic (exact) mass is 423 g/mol. The summed E-state index contributed by atoms with van der Waals surface area (Å²) in [6.45, 7) is 0. The summed E-state index contributed by atoms with van der Waals surface area (Å²) in [7, 11) is -3.36. The molecule has 0 bridgehead atoms. The minimum atomic E-state index is -3.36. The van der Waals surface area contributed by atoms with E-state index < -0.39 is 27.4 Å². The van der Waals surface area contributed by atoms with Gasteiger partial charge in [-0.1, -0.05) is 11.6 Å². The summed E-state index contributed by atoms with van der Waals surface area (Å²) in [5.74, 6) is -3.31. The molecule has 2 heterocycles. The van der Waals surface area contributed by atoms with E-state index in [4.69, 9.17) is 11.6 Å². The largest absolute Gasteiger partial charge is 0.306 e. The van der Waals surface area contributed by atoms with Crippen molar-refractivity contribution in [2.24, 2.45) is 0 Å². The van der Waals surface area contributed by atoms with E-state index in [2.05, 4.69) is 10.4 Å². The highest BCUT2D eigenvalue weighted by Gasteiger charge is 2.33. The van der Waals surface area contributed by atoms with Crippen LogP contribution in [0.15, 0.2) is 42.5 Å². The fraction of sp³-hybridized carbons (Fsp3) is 0.111. The van der Waals surface area contributed by atoms with E-state index in [0.29, 0.717) is 22.0 Å². The molecule has 0 spiro atoms. The normalized spacial score (nSPS) is 14.7. The highest BCUT2D eigenvalue weighted by molar-refractivity contribution is 7.90. The van der Waals surface area contributed by atoms with Crippen LogP contribution < -0.4 is 5.32 Å². The molecule has 0 saturated heterocycles. The Morgan fingerprint density at radius 2 is 1.79 bits per heavy atom. The molecule has 4 rings (SSSR count). The predicted molar refractivity (Wildman–Crippen MR) is 99.2 cm³/mol. The van der Waals surface area contributed by atoms with Crippen molar-refractivity contribution in [2.45, 2.75) is 11.5 Å². The molecule has 3 aromatic rings. The van der Waals surface area contributed by atoms with Crippen molar-refractivity contribution < 1.29 is 22.0 Å². The number of carbonyl (C=O) groups excluding carboxylic acids is 1. The van der Waals surface area contributed by atoms with Gasteiger partial charge in [0.25, 0.3) is 5.91 Å². The number of carbonyl (C=O) groups is 1. The van der Waals surface area contributed by atoms with Gasteiger partial charge >= 0.3 is 0 Å². The molecular formula is C18H12ClF2N3O3S. The van der Waals surface area contributed by atoms with Gasteiger partial charge in [0.05, 0.1) is 22.9 Å². The lowest BCUT2D eigenvalue weighted by Gasteiger charge is -2.11. The zero-order valence-corrected chi connectivity index (χ0v) is 15.7. The van der Waals surface area contributed by atoms with Crippen LogP contribution >= 0.6 is 11.6 Å². The highest BCUT2D eigenvalue weighted by atomic mass is 35.5. The van der Waals surface area contributed by atoms with E-state index in [9.17, 15) is 22.0 Å². The minimum Gasteiger partial charge on any atom is -0.306 e. The second-order valence-corrected chi connectivity index (χ2v) is 8.78. The van der Waals surface area contributed by atoms with Gasteiger partial charge in [0, 0.05) is 16.1 Å². The van der Waals surface area contributed by atoms with Crippen molar-refractivity contribution in [3.63, 3.8) is 0 Å². The average Bonchev–Trinajstić information content (AvgIpc) is 3.10. The lowest BCUT2D eigenvalue weighted by molar-refractivity contribution is 0.102. The summed E-state index contributed by atoms with van der Waals surface area (Å²) in [4.78, 5) is 12.6. The number of halogens is 3. The third kappa shape index (κ3) is 3.38. The maximum atomic E-state index is 13.5. The average molecular weight is 424 g/mol. The quantitative estimate of drug-likeness (QED) is 0.699. The SMILES string of the molecule is O=C(Nc1c2c(nn1-c1ccc(Cl)cc1)CS(=O)(=O)C2)c1ccc(F)c(F)c1. The van der Waals surface area contributed by atoms with Crippen molar-refractivity contribution in [1.29, 1.82) is 0 Å². The van der Waals surface area contributed by atoms with Crippen LogP contribution in [-0.2, 0) is 21.3 Å². The Labute approximate surface area is 163 Å². The van der Waals surface area contributed by atoms with Crippen molar-refractivity contribution in [2.75, 3.05) is 5.32 Å². The van der Waals surface area contributed by atoms with Crippen molar-refractivity contribution >= 4 is 33.2 Å². The number of fused-ring (bicyclic) bond motifs is 1. The van der Waals surface area contributed by atoms with E-state index in [1.165, 1.54) is 4.68 Å². The summed E-state index contributed by atoms with van der Waals surface area (Å²) < 4.78 is 51.9. The first-order valence-electron chi connectivity index (χ1n) is 8.07. The van der Waals surface area contributed by atoms with Crippen molar-refractivity contribution in [3.8, 4) is 5.69 Å². The zero-order valence-electron chi connectivity index (χ0n) is 14.1. The Hall–Kier alpha value is -2.78. The fourth-order valence-corrected chi connectivity index (χ4v) is 4.58. The van der Waals surface area contributed by atoms with Crippen LogP contribution in [0.4, 0.5) is 14.6 Å². The molecule has 0 atom stereocenters. The molecule has 6 nitrogen and oxygen atoms in total. The molecule has 0 aliphatic carbocycles. The first-order chi connectivity index (χ1) is 13.2. The van der Waals surface area contributed by atoms with E-state index in [-0.39, 0.29) is 22.9 Å². The van der Waals surface area contributed by atoms with Crippen LogP contribution in [0.25, 0.3) is 5.69 Å². The van der Waals surface area contributed by atoms with Gasteiger partial charge in [-0.25, -0.2) is 21.9 Å². The minimum absolute atomic E-state index is 0.114. The van der Waals surface area contributed by atoms with Crippen LogP contribution in [0.3, 0.4) is 0 Å². The van der Waals surface area contributed by atoms with Gasteiger partial charge in [-0.15, -0.1) is 0 Å². The van der Waals surface area contributed by atoms with Gasteiger partial charge in [-0.2, -0.15) is 5.10 Å². The Morgan fingerprint density at radius 1 is 1.07 bits per heavy atom. The maximum absolute atomic E-state index is 13.5. The number of rotatable bonds is 3. The lowest BCUT2D eigenvalue weighted by Crippen LogP contribution is -2.17. The summed E-state index contributed by atoms with van der Waals surface area (Å²) in [5.41, 5.74) is 1.13. The molecule has 1 aliphatic rings. The number of sulfone groups is 1. The summed E-state index contributed by atoms with van der Waals surface area (Å²) >= 11 is 5.90. The Balaban J connectivity index is 1.77. The standard InChI is InChI=1S/C18H12ClF2N3O3S/c19-11-2-4-12(5-3-11)24-17(13-8-28(26,27)9-16(13)23-24)22-18(25)10-1-6-14(20)15(21)7-10/h1-7H,8-9H2,(H,22,25). The Morgan fingerprint density at radius 3 is 2.46 bits per heavy atom. The van der Waals surface area contributed by atoms with Gasteiger partial charge in [0.15, 0.2) is 21.5 Å². The molecule has 0 radical (unpaired) electrons. The van der Waals surface area contributed by atoms with Crippen LogP contribution in [0, 0.1) is 11.6 Å². The first-order valence-corrected chi connectivity index (χ1v) is 10.3. The third-order valence-electron chi connectivity index (χ3n) is 4.27. The molecule has 1 amide bonds. The Bertz CT molecular complexity index is 1210. The lowest BCUT2D eigenvalue weighted by atomic mass is 10.2. The Kier molecular flexibility index (Phi) is 4.43. The summed E-state index contributed by atoms with van der Waals surface area (Å²) in [6.07, 6.45) is 0. The van der Waals surface area contributed by atoms with Crippen molar-refractivity contribution in [1.82, 2.24) is 9.78 Å². The summed E-state index contributed by atoms with van der Waals surface area (Å²) in [6, 6.07) is 9.31. The van der Waals surface area contributed by atoms with Crippen LogP contribution in [0.5, 0.6) is 0 Å². The van der Waals surface area contributed by atoms with E-state index >= 15 is 0 Å². The van der Waals surface area contributed by atoms with E-state index in [1.54, 1.807) is 24.3 Å². The molecular weight excluding hydrogens is 412 g/mol. The van der Waals surface area contributed by atoms with Crippen LogP contribution in [0.2, 0.25) is 5.02 Å². The molecule has 0 unspecified atom stereocenters. The van der Waals surface area contributed by atoms with Gasteiger partial charge in [0.2, 0.25) is 0 Å². The van der Waals surface area contributed by atoms with Crippen LogP contribution in [0.1, 0.15) is 21.6 Å². The van der Waals surface area contributed by atoms with E-state index in [0.717, 1.165) is 18.2 Å². The second kappa shape index (κ2) is 6.68. The first kappa shape index (κ1) is 18.6. The molecule has 1 aromatic heterocycles. The summed E-state index contributed by atoms with van der Waals surface area (Å²) in [5, 5.41) is 7.39. The fourth-order valence-electron chi connectivity index (χ4n) is 2.96. The van der Waals surface area contributed by atoms with Gasteiger partial charge in [-0.3, -0.25) is 4.79 Å². The number of nitrogens with one attached hydrogen (secondary N) is 1. The third-order valence-corrected chi connectivity index (χ3v) is 5.97. The molecule has 2 aromatic carbocycles. The maximum Gasteiger partial charge on any atom is 0.256 e. The number of nitrogens with zero attached hydrogens (tertiary/aromatic N) is 2. The van der Waals surface area contributed by atoms with E-state index in [1.807, 2.05) is 0 Å². The number of amides is 1. The zero-order chi connectivity index (χ0) is 20.1. The highest BCUT2D eigenvalue weighted by Crippen LogP contribution is 2.33. The number of hydrogen-bond acceptors (Lipinski definition) is 4. The van der Waals surface area contributed by atoms with Gasteiger partial charge in [0.1, 0.15) is 5.82 Å². The number of benzene rings is 2. The molecule has 10 heteroatoms. The molecule has 0 saturated carbocycles. The molecule has 28 heavy (non-hydrogen) atoms. The number of hydrogen-bond donors (Lipinski definition) is 1. The predicted octanol–water partition coefficient (Wildman–Crippen LogP) is 3.48. The molecule has 144 valence electrons. The topological polar surface area (TPSA) is 81.1 Å². The second-order valence-electron chi connectivity index (χ2n) is 6.28. The van der Waals surface area contributed by atoms with Gasteiger partial charge < -0.3 is 5.32 Å². The van der Waals surface area contributed by atoms with Gasteiger partial charge in [-0.05, 0) is 42.5 Å². The molecule has 1 N–H and O–H groups in total. The number of anilines is 1.